The summed E-state index contributed by atoms with van der Waals surface area (Å²) in [6.07, 6.45) is 4.48. The van der Waals surface area contributed by atoms with Gasteiger partial charge in [-0.1, -0.05) is 49.5 Å². The number of allylic oxidation sites excluding steroid dienone is 2. The molecule has 0 fully saturated rings. The summed E-state index contributed by atoms with van der Waals surface area (Å²) < 4.78 is 26.0. The molecule has 0 radical (unpaired) electrons. The lowest BCUT2D eigenvalue weighted by atomic mass is 10.00. The molecule has 0 unspecified atom stereocenters. The van der Waals surface area contributed by atoms with Crippen LogP contribution in [0.3, 0.4) is 0 Å². The Morgan fingerprint density at radius 3 is 2.15 bits per heavy atom. The van der Waals surface area contributed by atoms with Crippen LogP contribution in [-0.4, -0.2) is 20.9 Å². The normalized spacial score (nSPS) is 24.3. The van der Waals surface area contributed by atoms with Crippen LogP contribution in [0, 0.1) is 0 Å². The van der Waals surface area contributed by atoms with Crippen LogP contribution < -0.4 is 0 Å². The quantitative estimate of drug-likeness (QED) is 0.619. The van der Waals surface area contributed by atoms with Crippen molar-refractivity contribution in [3.05, 3.63) is 42.0 Å². The van der Waals surface area contributed by atoms with Crippen LogP contribution in [0.25, 0.3) is 0 Å². The maximum absolute atomic E-state index is 13.3. The van der Waals surface area contributed by atoms with E-state index in [9.17, 15) is 8.42 Å². The Morgan fingerprint density at radius 1 is 1.10 bits per heavy atom. The topological polar surface area (TPSA) is 34.1 Å². The second-order valence-corrected chi connectivity index (χ2v) is 14.9. The van der Waals surface area contributed by atoms with Crippen LogP contribution in [0.5, 0.6) is 0 Å². The molecular formula is C16H24O2SSi. The van der Waals surface area contributed by atoms with Crippen molar-refractivity contribution in [1.82, 2.24) is 0 Å². The molecule has 1 aromatic rings. The molecule has 0 amide bonds. The van der Waals surface area contributed by atoms with Crippen molar-refractivity contribution in [3.63, 3.8) is 0 Å². The predicted octanol–water partition coefficient (Wildman–Crippen LogP) is 4.21. The third kappa shape index (κ3) is 2.39. The maximum atomic E-state index is 13.3. The molecule has 0 aromatic heterocycles. The molecule has 0 saturated heterocycles. The predicted molar refractivity (Wildman–Crippen MR) is 87.3 cm³/mol. The zero-order chi connectivity index (χ0) is 15.0. The van der Waals surface area contributed by atoms with Gasteiger partial charge < -0.3 is 0 Å². The van der Waals surface area contributed by atoms with E-state index >= 15 is 0 Å². The van der Waals surface area contributed by atoms with Gasteiger partial charge in [-0.25, -0.2) is 8.42 Å². The lowest BCUT2D eigenvalue weighted by Gasteiger charge is -2.44. The van der Waals surface area contributed by atoms with Gasteiger partial charge in [0.05, 0.1) is 17.3 Å². The summed E-state index contributed by atoms with van der Waals surface area (Å²) >= 11 is 0. The number of hydrogen-bond acceptors (Lipinski definition) is 2. The summed E-state index contributed by atoms with van der Waals surface area (Å²) in [4.78, 5) is 0.482. The summed E-state index contributed by atoms with van der Waals surface area (Å²) in [5.41, 5.74) is 1.32. The van der Waals surface area contributed by atoms with E-state index < -0.39 is 22.3 Å². The van der Waals surface area contributed by atoms with Gasteiger partial charge in [-0.2, -0.15) is 0 Å². The molecule has 1 atom stereocenters. The van der Waals surface area contributed by atoms with Crippen LogP contribution in [0.2, 0.25) is 19.6 Å². The third-order valence-corrected chi connectivity index (χ3v) is 12.8. The van der Waals surface area contributed by atoms with Crippen molar-refractivity contribution in [2.75, 3.05) is 0 Å². The zero-order valence-electron chi connectivity index (χ0n) is 12.8. The van der Waals surface area contributed by atoms with Crippen molar-refractivity contribution in [1.29, 1.82) is 0 Å². The number of sulfone groups is 1. The highest BCUT2D eigenvalue weighted by atomic mass is 32.2. The molecule has 1 aliphatic carbocycles. The van der Waals surface area contributed by atoms with Crippen LogP contribution in [-0.2, 0) is 9.84 Å². The molecule has 20 heavy (non-hydrogen) atoms. The summed E-state index contributed by atoms with van der Waals surface area (Å²) in [5, 5.41) is 0. The average Bonchev–Trinajstić information content (AvgIpc) is 2.39. The molecule has 4 heteroatoms. The van der Waals surface area contributed by atoms with E-state index in [1.54, 1.807) is 12.1 Å². The van der Waals surface area contributed by atoms with E-state index in [2.05, 4.69) is 32.6 Å². The molecule has 0 saturated carbocycles. The van der Waals surface area contributed by atoms with Gasteiger partial charge >= 0.3 is 0 Å². The molecule has 110 valence electrons. The van der Waals surface area contributed by atoms with Gasteiger partial charge in [0.2, 0.25) is 0 Å². The second kappa shape index (κ2) is 5.15. The Hall–Kier alpha value is -0.873. The van der Waals surface area contributed by atoms with Crippen molar-refractivity contribution in [3.8, 4) is 0 Å². The summed E-state index contributed by atoms with van der Waals surface area (Å²) in [6.45, 7) is 8.65. The maximum Gasteiger partial charge on any atom is 0.181 e. The fourth-order valence-electron chi connectivity index (χ4n) is 3.10. The lowest BCUT2D eigenvalue weighted by molar-refractivity contribution is 0.537. The zero-order valence-corrected chi connectivity index (χ0v) is 14.6. The fraction of sp³-hybridized carbons (Fsp3) is 0.500. The van der Waals surface area contributed by atoms with Gasteiger partial charge in [0.15, 0.2) is 9.84 Å². The highest BCUT2D eigenvalue weighted by Crippen LogP contribution is 2.44. The minimum atomic E-state index is -3.29. The minimum Gasteiger partial charge on any atom is -0.223 e. The minimum absolute atomic E-state index is 0.482. The van der Waals surface area contributed by atoms with E-state index in [4.69, 9.17) is 0 Å². The van der Waals surface area contributed by atoms with Crippen molar-refractivity contribution in [2.45, 2.75) is 55.1 Å². The van der Waals surface area contributed by atoms with E-state index in [0.29, 0.717) is 11.3 Å². The second-order valence-electron chi connectivity index (χ2n) is 6.82. The first-order chi connectivity index (χ1) is 9.21. The molecule has 1 aromatic carbocycles. The Kier molecular flexibility index (Phi) is 4.00. The molecule has 0 bridgehead atoms. The van der Waals surface area contributed by atoms with Gasteiger partial charge in [-0.15, -0.1) is 0 Å². The molecule has 2 nitrogen and oxygen atoms in total. The number of rotatable bonds is 3. The summed E-state index contributed by atoms with van der Waals surface area (Å²) in [6, 6.07) is 8.97. The van der Waals surface area contributed by atoms with Crippen molar-refractivity contribution < 1.29 is 8.42 Å². The number of hydrogen-bond donors (Lipinski definition) is 0. The highest BCUT2D eigenvalue weighted by Gasteiger charge is 2.53. The van der Waals surface area contributed by atoms with E-state index in [1.165, 1.54) is 5.57 Å². The lowest BCUT2D eigenvalue weighted by Crippen LogP contribution is -2.58. The molecule has 0 spiro atoms. The van der Waals surface area contributed by atoms with Gasteiger partial charge in [0.25, 0.3) is 0 Å². The van der Waals surface area contributed by atoms with E-state index in [1.807, 2.05) is 18.2 Å². The van der Waals surface area contributed by atoms with Gasteiger partial charge in [0.1, 0.15) is 0 Å². The van der Waals surface area contributed by atoms with E-state index in [0.717, 1.165) is 12.8 Å². The van der Waals surface area contributed by atoms with Crippen molar-refractivity contribution in [2.24, 2.45) is 0 Å². The van der Waals surface area contributed by atoms with Crippen LogP contribution in [0.1, 0.15) is 26.2 Å². The first kappa shape index (κ1) is 15.5. The monoisotopic (exact) mass is 308 g/mol. The molecule has 1 aliphatic rings. The Labute approximate surface area is 123 Å². The summed E-state index contributed by atoms with van der Waals surface area (Å²) in [5.74, 6) is 0. The first-order valence-corrected chi connectivity index (χ1v) is 12.1. The third-order valence-electron chi connectivity index (χ3n) is 4.64. The largest absolute Gasteiger partial charge is 0.223 e. The molecule has 0 aliphatic heterocycles. The van der Waals surface area contributed by atoms with Gasteiger partial charge in [-0.3, -0.25) is 0 Å². The SMILES string of the molecule is CC1=CC[C@@]([Si](C)(C)C)(S(=O)(=O)c2ccccc2)CC1. The van der Waals surface area contributed by atoms with Crippen molar-refractivity contribution >= 4 is 17.9 Å². The average molecular weight is 309 g/mol. The van der Waals surface area contributed by atoms with Gasteiger partial charge in [-0.05, 0) is 38.3 Å². The molecule has 2 rings (SSSR count). The van der Waals surface area contributed by atoms with Gasteiger partial charge in [0, 0.05) is 0 Å². The molecular weight excluding hydrogens is 284 g/mol. The standard InChI is InChI=1S/C16H24O2SSi/c1-14-10-12-16(13-11-14,20(2,3)4)19(17,18)15-8-6-5-7-9-15/h5-10H,11-13H2,1-4H3/t16-/m0/s1. The van der Waals surface area contributed by atoms with Crippen LogP contribution >= 0.6 is 0 Å². The molecule has 0 N–H and O–H groups in total. The smallest absolute Gasteiger partial charge is 0.181 e. The Bertz CT molecular complexity index is 612. The molecule has 0 heterocycles. The van der Waals surface area contributed by atoms with Crippen LogP contribution in [0.4, 0.5) is 0 Å². The Morgan fingerprint density at radius 2 is 1.70 bits per heavy atom. The summed E-state index contributed by atoms with van der Waals surface area (Å²) in [7, 11) is -5.17. The first-order valence-electron chi connectivity index (χ1n) is 7.16. The van der Waals surface area contributed by atoms with Crippen LogP contribution in [0.15, 0.2) is 46.9 Å². The highest BCUT2D eigenvalue weighted by molar-refractivity contribution is 7.94. The van der Waals surface area contributed by atoms with E-state index in [-0.39, 0.29) is 0 Å². The fourth-order valence-corrected chi connectivity index (χ4v) is 9.90. The Balaban J connectivity index is 2.60. The number of benzene rings is 1.